The molecule has 0 radical (unpaired) electrons. The summed E-state index contributed by atoms with van der Waals surface area (Å²) in [5.41, 5.74) is 0.332. The van der Waals surface area contributed by atoms with E-state index in [2.05, 4.69) is 0 Å². The molecule has 4 heteroatoms. The fourth-order valence-electron chi connectivity index (χ4n) is 1.82. The number of ether oxygens (including phenoxy) is 2. The van der Waals surface area contributed by atoms with E-state index in [0.29, 0.717) is 35.5 Å². The highest BCUT2D eigenvalue weighted by molar-refractivity contribution is 5.51. The molecule has 0 amide bonds. The van der Waals surface area contributed by atoms with Crippen LogP contribution in [-0.4, -0.2) is 19.3 Å². The summed E-state index contributed by atoms with van der Waals surface area (Å²) < 4.78 is 23.1. The van der Waals surface area contributed by atoms with E-state index in [9.17, 15) is 9.50 Å². The molecule has 1 aromatic rings. The summed E-state index contributed by atoms with van der Waals surface area (Å²) in [6.45, 7) is -0.635. The van der Waals surface area contributed by atoms with E-state index >= 15 is 0 Å². The molecule has 1 aliphatic rings. The quantitative estimate of drug-likeness (QED) is 0.855. The van der Waals surface area contributed by atoms with Crippen LogP contribution in [0.15, 0.2) is 12.1 Å². The molecule has 0 bridgehead atoms. The van der Waals surface area contributed by atoms with Gasteiger partial charge in [-0.15, -0.1) is 0 Å². The normalized spacial score (nSPS) is 17.0. The second-order valence-electron chi connectivity index (χ2n) is 4.04. The van der Waals surface area contributed by atoms with Crippen LogP contribution in [0.1, 0.15) is 24.0 Å². The highest BCUT2D eigenvalue weighted by Crippen LogP contribution is 2.48. The number of aliphatic hydroxyl groups is 1. The Morgan fingerprint density at radius 1 is 1.31 bits per heavy atom. The molecule has 0 spiro atoms. The van der Waals surface area contributed by atoms with Crippen molar-refractivity contribution in [3.05, 3.63) is 23.3 Å². The first-order valence-corrected chi connectivity index (χ1v) is 5.18. The number of benzene rings is 1. The number of hydrogen-bond acceptors (Lipinski definition) is 3. The maximum absolute atomic E-state index is 12.9. The third-order valence-electron chi connectivity index (χ3n) is 2.96. The molecule has 0 saturated heterocycles. The molecule has 2 rings (SSSR count). The van der Waals surface area contributed by atoms with Gasteiger partial charge in [0.1, 0.15) is 6.67 Å². The average molecular weight is 226 g/mol. The molecule has 1 saturated carbocycles. The van der Waals surface area contributed by atoms with Gasteiger partial charge in [-0.2, -0.15) is 0 Å². The van der Waals surface area contributed by atoms with E-state index in [1.54, 1.807) is 12.1 Å². The van der Waals surface area contributed by atoms with Gasteiger partial charge in [0.2, 0.25) is 0 Å². The standard InChI is InChI=1S/C12H15FO3/c1-15-10-6-9(12(14)3-4-12)5-8(7-13)11(10)16-2/h5-6,14H,3-4,7H2,1-2H3. The molecule has 3 nitrogen and oxygen atoms in total. The topological polar surface area (TPSA) is 38.7 Å². The van der Waals surface area contributed by atoms with E-state index < -0.39 is 12.3 Å². The van der Waals surface area contributed by atoms with Crippen molar-refractivity contribution in [2.45, 2.75) is 25.1 Å². The Morgan fingerprint density at radius 2 is 2.00 bits per heavy atom. The zero-order valence-electron chi connectivity index (χ0n) is 9.42. The Labute approximate surface area is 93.8 Å². The Hall–Kier alpha value is -1.29. The first-order valence-electron chi connectivity index (χ1n) is 5.18. The van der Waals surface area contributed by atoms with E-state index in [-0.39, 0.29) is 0 Å². The molecule has 1 aromatic carbocycles. The van der Waals surface area contributed by atoms with Crippen LogP contribution in [0.2, 0.25) is 0 Å². The van der Waals surface area contributed by atoms with Crippen LogP contribution in [0.4, 0.5) is 4.39 Å². The summed E-state index contributed by atoms with van der Waals surface area (Å²) >= 11 is 0. The van der Waals surface area contributed by atoms with Crippen molar-refractivity contribution in [1.82, 2.24) is 0 Å². The van der Waals surface area contributed by atoms with Crippen LogP contribution in [0, 0.1) is 0 Å². The SMILES string of the molecule is COc1cc(C2(O)CC2)cc(CF)c1OC. The second-order valence-corrected chi connectivity index (χ2v) is 4.04. The molecule has 1 N–H and O–H groups in total. The lowest BCUT2D eigenvalue weighted by atomic mass is 10.0. The number of methoxy groups -OCH3 is 2. The van der Waals surface area contributed by atoms with Crippen molar-refractivity contribution in [3.63, 3.8) is 0 Å². The number of alkyl halides is 1. The van der Waals surface area contributed by atoms with Crippen LogP contribution in [0.25, 0.3) is 0 Å². The molecular formula is C12H15FO3. The van der Waals surface area contributed by atoms with Crippen LogP contribution in [0.3, 0.4) is 0 Å². The summed E-state index contributed by atoms with van der Waals surface area (Å²) in [5, 5.41) is 9.98. The van der Waals surface area contributed by atoms with Gasteiger partial charge in [-0.3, -0.25) is 0 Å². The van der Waals surface area contributed by atoms with Gasteiger partial charge in [-0.1, -0.05) is 0 Å². The van der Waals surface area contributed by atoms with Gasteiger partial charge in [-0.05, 0) is 30.5 Å². The highest BCUT2D eigenvalue weighted by Gasteiger charge is 2.43. The molecule has 1 fully saturated rings. The zero-order chi connectivity index (χ0) is 11.8. The van der Waals surface area contributed by atoms with Gasteiger partial charge in [0, 0.05) is 5.56 Å². The molecule has 0 unspecified atom stereocenters. The first-order chi connectivity index (χ1) is 7.64. The average Bonchev–Trinajstić information content (AvgIpc) is 3.06. The van der Waals surface area contributed by atoms with Gasteiger partial charge in [0.05, 0.1) is 19.8 Å². The van der Waals surface area contributed by atoms with E-state index in [4.69, 9.17) is 9.47 Å². The minimum absolute atomic E-state index is 0.401. The smallest absolute Gasteiger partial charge is 0.166 e. The molecule has 88 valence electrons. The largest absolute Gasteiger partial charge is 0.493 e. The van der Waals surface area contributed by atoms with Crippen LogP contribution >= 0.6 is 0 Å². The van der Waals surface area contributed by atoms with Gasteiger partial charge < -0.3 is 14.6 Å². The maximum atomic E-state index is 12.9. The monoisotopic (exact) mass is 226 g/mol. The third-order valence-corrected chi connectivity index (χ3v) is 2.96. The van der Waals surface area contributed by atoms with E-state index in [0.717, 1.165) is 0 Å². The fraction of sp³-hybridized carbons (Fsp3) is 0.500. The van der Waals surface area contributed by atoms with Crippen molar-refractivity contribution in [1.29, 1.82) is 0 Å². The second kappa shape index (κ2) is 3.94. The van der Waals surface area contributed by atoms with Gasteiger partial charge in [0.15, 0.2) is 11.5 Å². The molecule has 0 atom stereocenters. The predicted molar refractivity (Wildman–Crippen MR) is 57.5 cm³/mol. The molecule has 16 heavy (non-hydrogen) atoms. The first kappa shape index (κ1) is 11.2. The summed E-state index contributed by atoms with van der Waals surface area (Å²) in [6.07, 6.45) is 1.43. The van der Waals surface area contributed by atoms with Gasteiger partial charge in [-0.25, -0.2) is 4.39 Å². The van der Waals surface area contributed by atoms with Gasteiger partial charge in [0.25, 0.3) is 0 Å². The number of rotatable bonds is 4. The van der Waals surface area contributed by atoms with Crippen LogP contribution < -0.4 is 9.47 Å². The Balaban J connectivity index is 2.50. The predicted octanol–water partition coefficient (Wildman–Crippen LogP) is 2.15. The minimum Gasteiger partial charge on any atom is -0.493 e. The molecule has 0 aliphatic heterocycles. The van der Waals surface area contributed by atoms with Crippen molar-refractivity contribution < 1.29 is 19.0 Å². The fourth-order valence-corrected chi connectivity index (χ4v) is 1.82. The van der Waals surface area contributed by atoms with Crippen LogP contribution in [-0.2, 0) is 12.3 Å². The Kier molecular flexibility index (Phi) is 2.76. The third kappa shape index (κ3) is 1.73. The van der Waals surface area contributed by atoms with Crippen molar-refractivity contribution >= 4 is 0 Å². The van der Waals surface area contributed by atoms with Crippen molar-refractivity contribution in [2.24, 2.45) is 0 Å². The van der Waals surface area contributed by atoms with Crippen LogP contribution in [0.5, 0.6) is 11.5 Å². The highest BCUT2D eigenvalue weighted by atomic mass is 19.1. The Morgan fingerprint density at radius 3 is 2.44 bits per heavy atom. The molecular weight excluding hydrogens is 211 g/mol. The molecule has 0 heterocycles. The lowest BCUT2D eigenvalue weighted by Crippen LogP contribution is -2.06. The lowest BCUT2D eigenvalue weighted by molar-refractivity contribution is 0.150. The lowest BCUT2D eigenvalue weighted by Gasteiger charge is -2.15. The molecule has 0 aromatic heterocycles. The van der Waals surface area contributed by atoms with Crippen molar-refractivity contribution in [2.75, 3.05) is 14.2 Å². The maximum Gasteiger partial charge on any atom is 0.166 e. The zero-order valence-corrected chi connectivity index (χ0v) is 9.42. The summed E-state index contributed by atoms with van der Waals surface area (Å²) in [6, 6.07) is 3.36. The summed E-state index contributed by atoms with van der Waals surface area (Å²) in [4.78, 5) is 0. The minimum atomic E-state index is -0.788. The van der Waals surface area contributed by atoms with Gasteiger partial charge >= 0.3 is 0 Å². The van der Waals surface area contributed by atoms with Crippen molar-refractivity contribution in [3.8, 4) is 11.5 Å². The number of halogens is 1. The summed E-state index contributed by atoms with van der Waals surface area (Å²) in [7, 11) is 2.98. The number of hydrogen-bond donors (Lipinski definition) is 1. The van der Waals surface area contributed by atoms with E-state index in [1.165, 1.54) is 14.2 Å². The summed E-state index contributed by atoms with van der Waals surface area (Å²) in [5.74, 6) is 0.867. The van der Waals surface area contributed by atoms with E-state index in [1.807, 2.05) is 0 Å². The Bertz CT molecular complexity index is 374. The molecule has 1 aliphatic carbocycles.